The van der Waals surface area contributed by atoms with E-state index in [0.717, 1.165) is 16.1 Å². The SMILES string of the molecule is CC(C)Cn1c(N)c(C(=NCc2ccc(-n3cncn3)cc2)Sc2ccc(F)cc2)c(=O)n1C. The molecule has 4 rings (SSSR count). The van der Waals surface area contributed by atoms with Gasteiger partial charge in [-0.05, 0) is 47.9 Å². The molecule has 34 heavy (non-hydrogen) atoms. The first-order chi connectivity index (χ1) is 16.3. The standard InChI is InChI=1S/C24H26FN7OS/c1-16(2)13-32-22(26)21(24(33)30(32)3)23(34-20-10-6-18(25)7-11-20)28-12-17-4-8-19(9-5-17)31-15-27-14-29-31/h4-11,14-16H,12-13,26H2,1-3H3. The van der Waals surface area contributed by atoms with Gasteiger partial charge in [-0.3, -0.25) is 19.2 Å². The number of rotatable bonds is 7. The second kappa shape index (κ2) is 10.1. The molecule has 2 aromatic heterocycles. The van der Waals surface area contributed by atoms with Crippen molar-refractivity contribution in [3.63, 3.8) is 0 Å². The maximum atomic E-state index is 13.4. The first kappa shape index (κ1) is 23.5. The summed E-state index contributed by atoms with van der Waals surface area (Å²) in [5, 5.41) is 4.62. The second-order valence-corrected chi connectivity index (χ2v) is 9.31. The molecule has 176 valence electrons. The summed E-state index contributed by atoms with van der Waals surface area (Å²) >= 11 is 1.29. The predicted octanol–water partition coefficient (Wildman–Crippen LogP) is 3.88. The van der Waals surface area contributed by atoms with Gasteiger partial charge in [0.15, 0.2) is 0 Å². The van der Waals surface area contributed by atoms with Gasteiger partial charge in [0.1, 0.15) is 34.9 Å². The summed E-state index contributed by atoms with van der Waals surface area (Å²) in [5.74, 6) is 0.353. The molecule has 0 spiro atoms. The van der Waals surface area contributed by atoms with Gasteiger partial charge in [0.05, 0.1) is 12.2 Å². The van der Waals surface area contributed by atoms with Crippen LogP contribution in [0, 0.1) is 11.7 Å². The minimum atomic E-state index is -0.325. The number of benzene rings is 2. The van der Waals surface area contributed by atoms with E-state index in [1.807, 2.05) is 24.3 Å². The van der Waals surface area contributed by atoms with Crippen LogP contribution in [0.3, 0.4) is 0 Å². The van der Waals surface area contributed by atoms with Gasteiger partial charge < -0.3 is 5.73 Å². The number of aromatic nitrogens is 5. The summed E-state index contributed by atoms with van der Waals surface area (Å²) in [6, 6.07) is 13.8. The average molecular weight is 480 g/mol. The molecule has 4 aromatic rings. The minimum absolute atomic E-state index is 0.215. The van der Waals surface area contributed by atoms with E-state index < -0.39 is 0 Å². The quantitative estimate of drug-likeness (QED) is 0.247. The van der Waals surface area contributed by atoms with Gasteiger partial charge in [0, 0.05) is 18.5 Å². The molecule has 2 N–H and O–H groups in total. The number of hydrogen-bond acceptors (Lipinski definition) is 6. The Kier molecular flexibility index (Phi) is 6.97. The van der Waals surface area contributed by atoms with Crippen LogP contribution in [0.4, 0.5) is 10.2 Å². The largest absolute Gasteiger partial charge is 0.383 e. The van der Waals surface area contributed by atoms with Crippen LogP contribution in [0.15, 0.2) is 75.9 Å². The van der Waals surface area contributed by atoms with E-state index in [-0.39, 0.29) is 11.4 Å². The number of nitrogens with two attached hydrogens (primary N) is 1. The fourth-order valence-corrected chi connectivity index (χ4v) is 4.39. The highest BCUT2D eigenvalue weighted by atomic mass is 32.2. The molecule has 0 saturated carbocycles. The molecule has 0 fully saturated rings. The Bertz CT molecular complexity index is 1340. The Labute approximate surface area is 200 Å². The highest BCUT2D eigenvalue weighted by molar-refractivity contribution is 8.14. The zero-order valence-corrected chi connectivity index (χ0v) is 20.0. The molecule has 0 unspecified atom stereocenters. The number of hydrogen-bond donors (Lipinski definition) is 1. The predicted molar refractivity (Wildman–Crippen MR) is 133 cm³/mol. The molecule has 2 aromatic carbocycles. The molecule has 10 heteroatoms. The molecular weight excluding hydrogens is 453 g/mol. The first-order valence-corrected chi connectivity index (χ1v) is 11.6. The van der Waals surface area contributed by atoms with E-state index in [2.05, 4.69) is 23.9 Å². The number of anilines is 1. The van der Waals surface area contributed by atoms with E-state index >= 15 is 0 Å². The average Bonchev–Trinajstić information content (AvgIpc) is 3.43. The lowest BCUT2D eigenvalue weighted by Crippen LogP contribution is -2.23. The van der Waals surface area contributed by atoms with Crippen LogP contribution in [0.5, 0.6) is 0 Å². The van der Waals surface area contributed by atoms with Gasteiger partial charge in [0.2, 0.25) is 0 Å². The van der Waals surface area contributed by atoms with Gasteiger partial charge in [-0.1, -0.05) is 37.7 Å². The van der Waals surface area contributed by atoms with E-state index in [9.17, 15) is 9.18 Å². The number of halogens is 1. The molecule has 0 atom stereocenters. The Balaban J connectivity index is 1.69. The number of thioether (sulfide) groups is 1. The molecule has 2 heterocycles. The van der Waals surface area contributed by atoms with Crippen LogP contribution in [-0.4, -0.2) is 29.2 Å². The van der Waals surface area contributed by atoms with Crippen molar-refractivity contribution < 1.29 is 4.39 Å². The van der Waals surface area contributed by atoms with Gasteiger partial charge in [-0.25, -0.2) is 14.1 Å². The van der Waals surface area contributed by atoms with Gasteiger partial charge >= 0.3 is 0 Å². The number of nitrogen functional groups attached to an aromatic ring is 1. The lowest BCUT2D eigenvalue weighted by Gasteiger charge is -2.12. The molecule has 0 aliphatic rings. The van der Waals surface area contributed by atoms with Crippen LogP contribution < -0.4 is 11.3 Å². The maximum Gasteiger partial charge on any atom is 0.278 e. The summed E-state index contributed by atoms with van der Waals surface area (Å²) < 4.78 is 18.4. The van der Waals surface area contributed by atoms with E-state index in [1.54, 1.807) is 34.9 Å². The van der Waals surface area contributed by atoms with Crippen LogP contribution in [0.1, 0.15) is 25.0 Å². The topological polar surface area (TPSA) is 96.0 Å². The Hall–Kier alpha value is -3.66. The third-order valence-corrected chi connectivity index (χ3v) is 6.24. The lowest BCUT2D eigenvalue weighted by atomic mass is 10.2. The van der Waals surface area contributed by atoms with Crippen molar-refractivity contribution in [2.45, 2.75) is 31.8 Å². The van der Waals surface area contributed by atoms with Crippen molar-refractivity contribution in [3.05, 3.63) is 88.5 Å². The Morgan fingerprint density at radius 3 is 2.47 bits per heavy atom. The summed E-state index contributed by atoms with van der Waals surface area (Å²) in [7, 11) is 1.70. The molecule has 0 aliphatic heterocycles. The maximum absolute atomic E-state index is 13.4. The van der Waals surface area contributed by atoms with Crippen molar-refractivity contribution >= 4 is 22.6 Å². The summed E-state index contributed by atoms with van der Waals surface area (Å²) in [6.45, 7) is 5.08. The monoisotopic (exact) mass is 479 g/mol. The van der Waals surface area contributed by atoms with Crippen molar-refractivity contribution in [2.75, 3.05) is 5.73 Å². The van der Waals surface area contributed by atoms with Crippen LogP contribution >= 0.6 is 11.8 Å². The van der Waals surface area contributed by atoms with Crippen molar-refractivity contribution in [2.24, 2.45) is 18.0 Å². The Morgan fingerprint density at radius 1 is 1.15 bits per heavy atom. The third kappa shape index (κ3) is 5.12. The lowest BCUT2D eigenvalue weighted by molar-refractivity contribution is 0.428. The summed E-state index contributed by atoms with van der Waals surface area (Å²) in [5.41, 5.74) is 8.43. The van der Waals surface area contributed by atoms with Crippen molar-refractivity contribution in [1.82, 2.24) is 24.1 Å². The van der Waals surface area contributed by atoms with Crippen molar-refractivity contribution in [1.29, 1.82) is 0 Å². The molecule has 0 radical (unpaired) electrons. The highest BCUT2D eigenvalue weighted by Crippen LogP contribution is 2.26. The van der Waals surface area contributed by atoms with Crippen LogP contribution in [0.2, 0.25) is 0 Å². The number of aliphatic imine (C=N–C) groups is 1. The van der Waals surface area contributed by atoms with E-state index in [0.29, 0.717) is 35.4 Å². The second-order valence-electron chi connectivity index (χ2n) is 8.25. The van der Waals surface area contributed by atoms with Gasteiger partial charge in [0.25, 0.3) is 5.56 Å². The van der Waals surface area contributed by atoms with Crippen molar-refractivity contribution in [3.8, 4) is 5.69 Å². The highest BCUT2D eigenvalue weighted by Gasteiger charge is 2.22. The zero-order valence-electron chi connectivity index (χ0n) is 19.2. The first-order valence-electron chi connectivity index (χ1n) is 10.8. The van der Waals surface area contributed by atoms with E-state index in [1.165, 1.54) is 34.9 Å². The summed E-state index contributed by atoms with van der Waals surface area (Å²) in [6.07, 6.45) is 3.11. The number of nitrogens with zero attached hydrogens (tertiary/aromatic N) is 6. The molecule has 0 amide bonds. The molecule has 0 saturated heterocycles. The zero-order chi connectivity index (χ0) is 24.2. The summed E-state index contributed by atoms with van der Waals surface area (Å²) in [4.78, 5) is 22.7. The fourth-order valence-electron chi connectivity index (χ4n) is 3.47. The smallest absolute Gasteiger partial charge is 0.278 e. The third-order valence-electron chi connectivity index (χ3n) is 5.21. The van der Waals surface area contributed by atoms with Crippen LogP contribution in [0.25, 0.3) is 5.69 Å². The van der Waals surface area contributed by atoms with Gasteiger partial charge in [-0.2, -0.15) is 5.10 Å². The molecule has 0 aliphatic carbocycles. The van der Waals surface area contributed by atoms with Gasteiger partial charge in [-0.15, -0.1) is 0 Å². The molecular formula is C24H26FN7OS. The fraction of sp³-hybridized carbons (Fsp3) is 0.250. The minimum Gasteiger partial charge on any atom is -0.383 e. The Morgan fingerprint density at radius 2 is 1.85 bits per heavy atom. The van der Waals surface area contributed by atoms with E-state index in [4.69, 9.17) is 10.7 Å². The molecule has 8 nitrogen and oxygen atoms in total. The molecule has 0 bridgehead atoms. The van der Waals surface area contributed by atoms with Crippen LogP contribution in [-0.2, 0) is 20.1 Å². The normalized spacial score (nSPS) is 12.0.